The second kappa shape index (κ2) is 5.46. The molecule has 4 heteroatoms. The van der Waals surface area contributed by atoms with Gasteiger partial charge in [-0.15, -0.1) is 0 Å². The van der Waals surface area contributed by atoms with E-state index in [4.69, 9.17) is 9.72 Å². The lowest BCUT2D eigenvalue weighted by atomic mass is 10.2. The molecule has 1 saturated heterocycles. The van der Waals surface area contributed by atoms with E-state index in [1.54, 1.807) is 7.11 Å². The van der Waals surface area contributed by atoms with Crippen molar-refractivity contribution in [2.75, 3.05) is 25.1 Å². The Bertz CT molecular complexity index is 781. The van der Waals surface area contributed by atoms with Gasteiger partial charge in [-0.05, 0) is 12.5 Å². The Morgan fingerprint density at radius 3 is 2.82 bits per heavy atom. The van der Waals surface area contributed by atoms with Gasteiger partial charge < -0.3 is 14.0 Å². The first-order valence-electron chi connectivity index (χ1n) is 7.65. The van der Waals surface area contributed by atoms with Crippen LogP contribution >= 0.6 is 0 Å². The van der Waals surface area contributed by atoms with Crippen molar-refractivity contribution in [3.63, 3.8) is 0 Å². The zero-order valence-corrected chi connectivity index (χ0v) is 12.6. The van der Waals surface area contributed by atoms with E-state index in [1.807, 2.05) is 18.2 Å². The number of aromatic nitrogens is 2. The summed E-state index contributed by atoms with van der Waals surface area (Å²) in [4.78, 5) is 7.13. The molecule has 1 aliphatic heterocycles. The van der Waals surface area contributed by atoms with Crippen LogP contribution in [-0.4, -0.2) is 35.7 Å². The predicted octanol–water partition coefficient (Wildman–Crippen LogP) is 3.23. The summed E-state index contributed by atoms with van der Waals surface area (Å²) in [6.07, 6.45) is 5.60. The maximum atomic E-state index is 5.45. The molecule has 112 valence electrons. The van der Waals surface area contributed by atoms with Crippen LogP contribution in [-0.2, 0) is 4.74 Å². The molecule has 0 amide bonds. The van der Waals surface area contributed by atoms with Gasteiger partial charge >= 0.3 is 0 Å². The van der Waals surface area contributed by atoms with Gasteiger partial charge in [-0.3, -0.25) is 0 Å². The van der Waals surface area contributed by atoms with Crippen LogP contribution in [0.4, 0.5) is 5.69 Å². The number of ether oxygens (including phenoxy) is 1. The lowest BCUT2D eigenvalue weighted by Crippen LogP contribution is -2.22. The van der Waals surface area contributed by atoms with Gasteiger partial charge in [0.25, 0.3) is 0 Å². The van der Waals surface area contributed by atoms with Crippen LogP contribution < -0.4 is 4.90 Å². The van der Waals surface area contributed by atoms with Crippen LogP contribution in [0.25, 0.3) is 16.9 Å². The molecule has 3 aromatic rings. The Hall–Kier alpha value is -2.33. The number of imidazole rings is 1. The lowest BCUT2D eigenvalue weighted by molar-refractivity contribution is 0.121. The Labute approximate surface area is 130 Å². The molecule has 0 aliphatic carbocycles. The second-order valence-electron chi connectivity index (χ2n) is 5.73. The maximum Gasteiger partial charge on any atom is 0.139 e. The number of fused-ring (bicyclic) bond motifs is 1. The van der Waals surface area contributed by atoms with Crippen molar-refractivity contribution in [2.24, 2.45) is 0 Å². The molecule has 2 aromatic heterocycles. The Morgan fingerprint density at radius 1 is 1.18 bits per heavy atom. The highest BCUT2D eigenvalue weighted by Crippen LogP contribution is 2.25. The zero-order valence-electron chi connectivity index (χ0n) is 12.6. The Kier molecular flexibility index (Phi) is 3.31. The summed E-state index contributed by atoms with van der Waals surface area (Å²) in [5, 5.41) is 0. The molecule has 0 N–H and O–H groups in total. The molecule has 0 unspecified atom stereocenters. The van der Waals surface area contributed by atoms with Crippen molar-refractivity contribution in [3.05, 3.63) is 54.9 Å². The average molecular weight is 293 g/mol. The number of anilines is 1. The monoisotopic (exact) mass is 293 g/mol. The average Bonchev–Trinajstić information content (AvgIpc) is 3.21. The van der Waals surface area contributed by atoms with Crippen LogP contribution in [0.3, 0.4) is 0 Å². The van der Waals surface area contributed by atoms with Crippen molar-refractivity contribution in [3.8, 4) is 11.3 Å². The third-order valence-corrected chi connectivity index (χ3v) is 4.36. The van der Waals surface area contributed by atoms with Gasteiger partial charge in [-0.2, -0.15) is 0 Å². The fraction of sp³-hybridized carbons (Fsp3) is 0.278. The maximum absolute atomic E-state index is 5.45. The first-order chi connectivity index (χ1) is 10.8. The van der Waals surface area contributed by atoms with Crippen molar-refractivity contribution < 1.29 is 4.74 Å². The summed E-state index contributed by atoms with van der Waals surface area (Å²) in [5.74, 6) is 0. The highest BCUT2D eigenvalue weighted by atomic mass is 16.5. The minimum Gasteiger partial charge on any atom is -0.380 e. The first kappa shape index (κ1) is 13.3. The minimum absolute atomic E-state index is 0.343. The summed E-state index contributed by atoms with van der Waals surface area (Å²) >= 11 is 0. The lowest BCUT2D eigenvalue weighted by Gasteiger charge is -2.18. The van der Waals surface area contributed by atoms with E-state index in [0.29, 0.717) is 6.10 Å². The van der Waals surface area contributed by atoms with E-state index in [9.17, 15) is 0 Å². The SMILES string of the molecule is CO[C@H]1CCN(c2ccn3cc(-c4ccccc4)nc3c2)C1. The van der Waals surface area contributed by atoms with E-state index in [-0.39, 0.29) is 0 Å². The number of hydrogen-bond donors (Lipinski definition) is 0. The summed E-state index contributed by atoms with van der Waals surface area (Å²) in [5.41, 5.74) is 4.36. The van der Waals surface area contributed by atoms with Gasteiger partial charge in [-0.1, -0.05) is 30.3 Å². The van der Waals surface area contributed by atoms with Crippen LogP contribution in [0.5, 0.6) is 0 Å². The van der Waals surface area contributed by atoms with Crippen molar-refractivity contribution in [1.29, 1.82) is 0 Å². The van der Waals surface area contributed by atoms with Crippen LogP contribution in [0.1, 0.15) is 6.42 Å². The van der Waals surface area contributed by atoms with Crippen molar-refractivity contribution in [2.45, 2.75) is 12.5 Å². The molecule has 22 heavy (non-hydrogen) atoms. The van der Waals surface area contributed by atoms with E-state index in [0.717, 1.165) is 36.4 Å². The molecule has 0 spiro atoms. The zero-order chi connectivity index (χ0) is 14.9. The van der Waals surface area contributed by atoms with Crippen LogP contribution in [0, 0.1) is 0 Å². The van der Waals surface area contributed by atoms with Crippen LogP contribution in [0.15, 0.2) is 54.9 Å². The molecule has 0 radical (unpaired) electrons. The van der Waals surface area contributed by atoms with Crippen molar-refractivity contribution in [1.82, 2.24) is 9.38 Å². The number of rotatable bonds is 3. The van der Waals surface area contributed by atoms with E-state index < -0.39 is 0 Å². The first-order valence-corrected chi connectivity index (χ1v) is 7.65. The standard InChI is InChI=1S/C18H19N3O/c1-22-16-8-10-20(12-16)15-7-9-21-13-17(19-18(21)11-15)14-5-3-2-4-6-14/h2-7,9,11,13,16H,8,10,12H2,1H3/t16-/m0/s1. The largest absolute Gasteiger partial charge is 0.380 e. The predicted molar refractivity (Wildman–Crippen MR) is 88.3 cm³/mol. The Balaban J connectivity index is 1.67. The summed E-state index contributed by atoms with van der Waals surface area (Å²) in [7, 11) is 1.79. The van der Waals surface area contributed by atoms with Gasteiger partial charge in [0.05, 0.1) is 11.8 Å². The second-order valence-corrected chi connectivity index (χ2v) is 5.73. The van der Waals surface area contributed by atoms with E-state index in [1.165, 1.54) is 5.69 Å². The van der Waals surface area contributed by atoms with E-state index >= 15 is 0 Å². The molecule has 4 rings (SSSR count). The smallest absolute Gasteiger partial charge is 0.139 e. The fourth-order valence-corrected chi connectivity index (χ4v) is 3.07. The summed E-state index contributed by atoms with van der Waals surface area (Å²) in [6, 6.07) is 14.6. The third kappa shape index (κ3) is 2.35. The van der Waals surface area contributed by atoms with Gasteiger partial charge in [0, 0.05) is 49.9 Å². The van der Waals surface area contributed by atoms with Gasteiger partial charge in [0.1, 0.15) is 5.65 Å². The molecule has 1 atom stereocenters. The van der Waals surface area contributed by atoms with E-state index in [2.05, 4.69) is 46.0 Å². The molecule has 1 aromatic carbocycles. The summed E-state index contributed by atoms with van der Waals surface area (Å²) < 4.78 is 7.53. The normalized spacial score (nSPS) is 18.2. The number of nitrogens with zero attached hydrogens (tertiary/aromatic N) is 3. The molecule has 0 saturated carbocycles. The van der Waals surface area contributed by atoms with Crippen molar-refractivity contribution >= 4 is 11.3 Å². The molecule has 0 bridgehead atoms. The highest BCUT2D eigenvalue weighted by Gasteiger charge is 2.22. The van der Waals surface area contributed by atoms with Gasteiger partial charge in [-0.25, -0.2) is 4.98 Å². The van der Waals surface area contributed by atoms with Gasteiger partial charge in [0.2, 0.25) is 0 Å². The molecular weight excluding hydrogens is 274 g/mol. The number of pyridine rings is 1. The molecule has 1 aliphatic rings. The number of methoxy groups -OCH3 is 1. The highest BCUT2D eigenvalue weighted by molar-refractivity contribution is 5.65. The molecule has 4 nitrogen and oxygen atoms in total. The Morgan fingerprint density at radius 2 is 2.05 bits per heavy atom. The minimum atomic E-state index is 0.343. The molecular formula is C18H19N3O. The molecule has 1 fully saturated rings. The van der Waals surface area contributed by atoms with Gasteiger partial charge in [0.15, 0.2) is 0 Å². The number of benzene rings is 1. The topological polar surface area (TPSA) is 29.8 Å². The quantitative estimate of drug-likeness (QED) is 0.742. The third-order valence-electron chi connectivity index (χ3n) is 4.36. The molecule has 3 heterocycles. The van der Waals surface area contributed by atoms with Crippen LogP contribution in [0.2, 0.25) is 0 Å². The summed E-state index contributed by atoms with van der Waals surface area (Å²) in [6.45, 7) is 2.00. The number of hydrogen-bond acceptors (Lipinski definition) is 3. The fourth-order valence-electron chi connectivity index (χ4n) is 3.07.